The predicted molar refractivity (Wildman–Crippen MR) is 55.4 cm³/mol. The Balaban J connectivity index is 3.45. The molecule has 0 saturated carbocycles. The summed E-state index contributed by atoms with van der Waals surface area (Å²) in [6.07, 6.45) is 5.14. The maximum atomic E-state index is 10.6. The average Bonchev–Trinajstić information content (AvgIpc) is 2.02. The van der Waals surface area contributed by atoms with E-state index in [2.05, 4.69) is 19.0 Å². The van der Waals surface area contributed by atoms with Gasteiger partial charge in [-0.15, -0.1) is 0 Å². The van der Waals surface area contributed by atoms with Gasteiger partial charge in [0.1, 0.15) is 0 Å². The minimum Gasteiger partial charge on any atom is -0.366 e. The van der Waals surface area contributed by atoms with Crippen molar-refractivity contribution in [3.05, 3.63) is 11.6 Å². The molecular formula is C10H20N2O. The van der Waals surface area contributed by atoms with E-state index in [0.29, 0.717) is 5.57 Å². The number of carbonyl (C=O) groups is 1. The molecule has 0 spiro atoms. The fourth-order valence-electron chi connectivity index (χ4n) is 0.992. The van der Waals surface area contributed by atoms with E-state index < -0.39 is 0 Å². The Morgan fingerprint density at radius 2 is 2.00 bits per heavy atom. The van der Waals surface area contributed by atoms with Crippen molar-refractivity contribution in [2.24, 2.45) is 5.73 Å². The van der Waals surface area contributed by atoms with Crippen molar-refractivity contribution in [3.63, 3.8) is 0 Å². The van der Waals surface area contributed by atoms with Gasteiger partial charge in [0, 0.05) is 5.57 Å². The van der Waals surface area contributed by atoms with Crippen LogP contribution in [-0.4, -0.2) is 31.4 Å². The van der Waals surface area contributed by atoms with Crippen LogP contribution >= 0.6 is 0 Å². The van der Waals surface area contributed by atoms with Crippen molar-refractivity contribution in [1.29, 1.82) is 0 Å². The summed E-state index contributed by atoms with van der Waals surface area (Å²) in [6, 6.07) is 0. The maximum absolute atomic E-state index is 10.6. The summed E-state index contributed by atoms with van der Waals surface area (Å²) < 4.78 is 0. The molecule has 13 heavy (non-hydrogen) atoms. The van der Waals surface area contributed by atoms with E-state index in [-0.39, 0.29) is 5.91 Å². The first kappa shape index (κ1) is 12.2. The van der Waals surface area contributed by atoms with E-state index in [1.54, 1.807) is 6.92 Å². The molecule has 1 amide bonds. The molecule has 76 valence electrons. The third-order valence-corrected chi connectivity index (χ3v) is 1.90. The molecule has 0 atom stereocenters. The van der Waals surface area contributed by atoms with Crippen LogP contribution in [0.3, 0.4) is 0 Å². The molecule has 0 rings (SSSR count). The van der Waals surface area contributed by atoms with Gasteiger partial charge in [-0.05, 0) is 46.8 Å². The Morgan fingerprint density at radius 1 is 1.38 bits per heavy atom. The van der Waals surface area contributed by atoms with Gasteiger partial charge in [0.25, 0.3) is 0 Å². The number of unbranched alkanes of at least 4 members (excludes halogenated alkanes) is 2. The summed E-state index contributed by atoms with van der Waals surface area (Å²) >= 11 is 0. The predicted octanol–water partition coefficient (Wildman–Crippen LogP) is 1.15. The molecule has 2 N–H and O–H groups in total. The van der Waals surface area contributed by atoms with Crippen molar-refractivity contribution < 1.29 is 4.79 Å². The molecule has 0 heterocycles. The van der Waals surface area contributed by atoms with Crippen molar-refractivity contribution in [3.8, 4) is 0 Å². The lowest BCUT2D eigenvalue weighted by molar-refractivity contribution is -0.114. The minimum absolute atomic E-state index is 0.312. The van der Waals surface area contributed by atoms with Crippen LogP contribution in [0.4, 0.5) is 0 Å². The van der Waals surface area contributed by atoms with Crippen molar-refractivity contribution in [1.82, 2.24) is 4.90 Å². The fourth-order valence-corrected chi connectivity index (χ4v) is 0.992. The summed E-state index contributed by atoms with van der Waals surface area (Å²) in [7, 11) is 4.12. The zero-order valence-corrected chi connectivity index (χ0v) is 8.84. The van der Waals surface area contributed by atoms with Crippen LogP contribution in [0.25, 0.3) is 0 Å². The van der Waals surface area contributed by atoms with E-state index >= 15 is 0 Å². The molecule has 0 saturated heterocycles. The van der Waals surface area contributed by atoms with Crippen LogP contribution in [0.2, 0.25) is 0 Å². The molecule has 0 radical (unpaired) electrons. The quantitative estimate of drug-likeness (QED) is 0.497. The number of hydrogen-bond acceptors (Lipinski definition) is 2. The molecule has 0 fully saturated rings. The summed E-state index contributed by atoms with van der Waals surface area (Å²) in [6.45, 7) is 2.86. The van der Waals surface area contributed by atoms with Crippen LogP contribution in [0.5, 0.6) is 0 Å². The first-order valence-electron chi connectivity index (χ1n) is 4.65. The molecule has 0 aromatic carbocycles. The molecular weight excluding hydrogens is 164 g/mol. The monoisotopic (exact) mass is 184 g/mol. The normalized spacial score (nSPS) is 12.2. The number of nitrogens with zero attached hydrogens (tertiary/aromatic N) is 1. The molecule has 0 aliphatic heterocycles. The summed E-state index contributed by atoms with van der Waals surface area (Å²) in [4.78, 5) is 12.8. The Labute approximate surface area is 80.6 Å². The number of nitrogens with two attached hydrogens (primary N) is 1. The third-order valence-electron chi connectivity index (χ3n) is 1.90. The van der Waals surface area contributed by atoms with Crippen LogP contribution < -0.4 is 5.73 Å². The molecule has 0 aliphatic carbocycles. The lowest BCUT2D eigenvalue weighted by atomic mass is 10.1. The maximum Gasteiger partial charge on any atom is 0.244 e. The molecule has 3 heteroatoms. The van der Waals surface area contributed by atoms with E-state index in [4.69, 9.17) is 5.73 Å². The molecule has 0 aromatic heterocycles. The lowest BCUT2D eigenvalue weighted by Crippen LogP contribution is -2.13. The van der Waals surface area contributed by atoms with Crippen LogP contribution in [0.1, 0.15) is 26.2 Å². The number of allylic oxidation sites excluding steroid dienone is 1. The number of amides is 1. The molecule has 0 bridgehead atoms. The molecule has 3 nitrogen and oxygen atoms in total. The van der Waals surface area contributed by atoms with Gasteiger partial charge in [0.2, 0.25) is 5.91 Å². The van der Waals surface area contributed by atoms with Crippen LogP contribution in [-0.2, 0) is 4.79 Å². The smallest absolute Gasteiger partial charge is 0.244 e. The van der Waals surface area contributed by atoms with Crippen LogP contribution in [0, 0.1) is 0 Å². The highest BCUT2D eigenvalue weighted by Crippen LogP contribution is 2.01. The topological polar surface area (TPSA) is 46.3 Å². The van der Waals surface area contributed by atoms with Crippen molar-refractivity contribution >= 4 is 5.91 Å². The molecule has 0 aromatic rings. The van der Waals surface area contributed by atoms with Gasteiger partial charge in [-0.25, -0.2) is 0 Å². The fraction of sp³-hybridized carbons (Fsp3) is 0.700. The van der Waals surface area contributed by atoms with E-state index in [9.17, 15) is 4.79 Å². The van der Waals surface area contributed by atoms with Gasteiger partial charge < -0.3 is 10.6 Å². The van der Waals surface area contributed by atoms with Crippen LogP contribution in [0.15, 0.2) is 11.6 Å². The Morgan fingerprint density at radius 3 is 2.46 bits per heavy atom. The average molecular weight is 184 g/mol. The number of rotatable bonds is 6. The Bertz CT molecular complexity index is 185. The molecule has 0 unspecified atom stereocenters. The Kier molecular flexibility index (Phi) is 6.24. The SMILES string of the molecule is C/C(=C\CCCCN(C)C)C(N)=O. The largest absolute Gasteiger partial charge is 0.366 e. The van der Waals surface area contributed by atoms with Gasteiger partial charge in [-0.1, -0.05) is 6.08 Å². The third kappa shape index (κ3) is 7.53. The first-order valence-corrected chi connectivity index (χ1v) is 4.65. The van der Waals surface area contributed by atoms with E-state index in [1.165, 1.54) is 0 Å². The van der Waals surface area contributed by atoms with Gasteiger partial charge in [-0.2, -0.15) is 0 Å². The lowest BCUT2D eigenvalue weighted by Gasteiger charge is -2.07. The summed E-state index contributed by atoms with van der Waals surface area (Å²) in [5, 5.41) is 0. The summed E-state index contributed by atoms with van der Waals surface area (Å²) in [5.74, 6) is -0.312. The number of carbonyl (C=O) groups excluding carboxylic acids is 1. The highest BCUT2D eigenvalue weighted by molar-refractivity contribution is 5.91. The standard InChI is InChI=1S/C10H20N2O/c1-9(10(11)13)7-5-4-6-8-12(2)3/h7H,4-6,8H2,1-3H3,(H2,11,13)/b9-7+. The highest BCUT2D eigenvalue weighted by atomic mass is 16.1. The highest BCUT2D eigenvalue weighted by Gasteiger charge is 1.95. The van der Waals surface area contributed by atoms with Gasteiger partial charge in [-0.3, -0.25) is 4.79 Å². The Hall–Kier alpha value is -0.830. The zero-order valence-electron chi connectivity index (χ0n) is 8.84. The zero-order chi connectivity index (χ0) is 10.3. The van der Waals surface area contributed by atoms with Gasteiger partial charge >= 0.3 is 0 Å². The van der Waals surface area contributed by atoms with Crippen molar-refractivity contribution in [2.45, 2.75) is 26.2 Å². The first-order chi connectivity index (χ1) is 6.04. The van der Waals surface area contributed by atoms with Gasteiger partial charge in [0.15, 0.2) is 0 Å². The van der Waals surface area contributed by atoms with E-state index in [1.807, 2.05) is 6.08 Å². The van der Waals surface area contributed by atoms with E-state index in [0.717, 1.165) is 25.8 Å². The second kappa shape index (κ2) is 6.66. The van der Waals surface area contributed by atoms with Crippen molar-refractivity contribution in [2.75, 3.05) is 20.6 Å². The molecule has 0 aliphatic rings. The van der Waals surface area contributed by atoms with Gasteiger partial charge in [0.05, 0.1) is 0 Å². The second-order valence-corrected chi connectivity index (χ2v) is 3.55. The number of primary amides is 1. The second-order valence-electron chi connectivity index (χ2n) is 3.55. The number of hydrogen-bond donors (Lipinski definition) is 1. The summed E-state index contributed by atoms with van der Waals surface area (Å²) in [5.41, 5.74) is 5.75. The minimum atomic E-state index is -0.312.